The fourth-order valence-electron chi connectivity index (χ4n) is 0.798. The first-order valence-electron chi connectivity index (χ1n) is 4.21. The summed E-state index contributed by atoms with van der Waals surface area (Å²) in [5, 5.41) is 0. The fraction of sp³-hybridized carbons (Fsp3) is 0.667. The van der Waals surface area contributed by atoms with Gasteiger partial charge in [-0.05, 0) is 19.8 Å². The number of unbranched alkanes of at least 4 members (excludes halogenated alkanes) is 1. The predicted octanol–water partition coefficient (Wildman–Crippen LogP) is 2.04. The molecule has 0 saturated carbocycles. The number of ether oxygens (including phenoxy) is 1. The van der Waals surface area contributed by atoms with Crippen LogP contribution in [0.15, 0.2) is 12.7 Å². The largest absolute Gasteiger partial charge is 0.450 e. The summed E-state index contributed by atoms with van der Waals surface area (Å²) in [5.74, 6) is 0. The van der Waals surface area contributed by atoms with Gasteiger partial charge in [-0.25, -0.2) is 4.79 Å². The maximum Gasteiger partial charge on any atom is 0.409 e. The van der Waals surface area contributed by atoms with Crippen molar-refractivity contribution >= 4 is 6.09 Å². The van der Waals surface area contributed by atoms with Crippen molar-refractivity contribution in [1.82, 2.24) is 4.90 Å². The van der Waals surface area contributed by atoms with Gasteiger partial charge in [-0.15, -0.1) is 6.58 Å². The highest BCUT2D eigenvalue weighted by molar-refractivity contribution is 5.67. The normalized spacial score (nSPS) is 9.17. The summed E-state index contributed by atoms with van der Waals surface area (Å²) in [5.41, 5.74) is 0. The first-order valence-corrected chi connectivity index (χ1v) is 4.21. The van der Waals surface area contributed by atoms with E-state index in [1.165, 1.54) is 0 Å². The van der Waals surface area contributed by atoms with Crippen LogP contribution >= 0.6 is 0 Å². The molecule has 0 rings (SSSR count). The van der Waals surface area contributed by atoms with Gasteiger partial charge in [-0.3, -0.25) is 0 Å². The molecule has 12 heavy (non-hydrogen) atoms. The van der Waals surface area contributed by atoms with E-state index in [1.54, 1.807) is 18.9 Å². The van der Waals surface area contributed by atoms with E-state index < -0.39 is 0 Å². The third kappa shape index (κ3) is 4.77. The van der Waals surface area contributed by atoms with Gasteiger partial charge in [0.05, 0.1) is 6.61 Å². The Labute approximate surface area is 74.0 Å². The molecule has 0 aromatic heterocycles. The summed E-state index contributed by atoms with van der Waals surface area (Å²) in [6.45, 7) is 6.57. The van der Waals surface area contributed by atoms with Gasteiger partial charge in [0.2, 0.25) is 0 Å². The zero-order chi connectivity index (χ0) is 9.40. The SMILES string of the molecule is C=CCCCN(C)C(=O)OCC. The fourth-order valence-corrected chi connectivity index (χ4v) is 0.798. The predicted molar refractivity (Wildman–Crippen MR) is 49.1 cm³/mol. The lowest BCUT2D eigenvalue weighted by molar-refractivity contribution is 0.116. The Kier molecular flexibility index (Phi) is 6.15. The zero-order valence-corrected chi connectivity index (χ0v) is 7.88. The monoisotopic (exact) mass is 171 g/mol. The Hall–Kier alpha value is -0.990. The smallest absolute Gasteiger partial charge is 0.409 e. The molecule has 0 fully saturated rings. The molecular formula is C9H17NO2. The highest BCUT2D eigenvalue weighted by atomic mass is 16.5. The number of allylic oxidation sites excluding steroid dienone is 1. The molecule has 70 valence electrons. The second kappa shape index (κ2) is 6.70. The van der Waals surface area contributed by atoms with E-state index in [0.717, 1.165) is 19.4 Å². The van der Waals surface area contributed by atoms with Crippen molar-refractivity contribution in [3.05, 3.63) is 12.7 Å². The summed E-state index contributed by atoms with van der Waals surface area (Å²) >= 11 is 0. The lowest BCUT2D eigenvalue weighted by Crippen LogP contribution is -2.28. The summed E-state index contributed by atoms with van der Waals surface area (Å²) in [6, 6.07) is 0. The molecule has 0 aliphatic rings. The number of carbonyl (C=O) groups excluding carboxylic acids is 1. The minimum atomic E-state index is -0.249. The molecule has 0 spiro atoms. The van der Waals surface area contributed by atoms with Gasteiger partial charge in [-0.1, -0.05) is 6.08 Å². The second-order valence-corrected chi connectivity index (χ2v) is 2.55. The Balaban J connectivity index is 3.49. The van der Waals surface area contributed by atoms with Crippen LogP contribution in [-0.2, 0) is 4.74 Å². The second-order valence-electron chi connectivity index (χ2n) is 2.55. The molecule has 0 atom stereocenters. The number of carbonyl (C=O) groups is 1. The molecule has 3 heteroatoms. The van der Waals surface area contributed by atoms with E-state index >= 15 is 0 Å². The van der Waals surface area contributed by atoms with E-state index in [0.29, 0.717) is 6.61 Å². The molecule has 0 saturated heterocycles. The van der Waals surface area contributed by atoms with Gasteiger partial charge in [-0.2, -0.15) is 0 Å². The third-order valence-electron chi connectivity index (χ3n) is 1.48. The van der Waals surface area contributed by atoms with Gasteiger partial charge in [0.15, 0.2) is 0 Å². The van der Waals surface area contributed by atoms with E-state index in [1.807, 2.05) is 6.08 Å². The maximum absolute atomic E-state index is 11.0. The van der Waals surface area contributed by atoms with Crippen molar-refractivity contribution in [2.75, 3.05) is 20.2 Å². The van der Waals surface area contributed by atoms with Crippen molar-refractivity contribution < 1.29 is 9.53 Å². The van der Waals surface area contributed by atoms with E-state index in [2.05, 4.69) is 6.58 Å². The van der Waals surface area contributed by atoms with Crippen LogP contribution in [0.3, 0.4) is 0 Å². The first kappa shape index (κ1) is 11.0. The van der Waals surface area contributed by atoms with E-state index in [9.17, 15) is 4.79 Å². The average Bonchev–Trinajstić information content (AvgIpc) is 2.05. The molecular weight excluding hydrogens is 154 g/mol. The Morgan fingerprint density at radius 3 is 2.83 bits per heavy atom. The molecule has 0 radical (unpaired) electrons. The first-order chi connectivity index (χ1) is 5.72. The van der Waals surface area contributed by atoms with Crippen LogP contribution in [0.5, 0.6) is 0 Å². The van der Waals surface area contributed by atoms with E-state index in [-0.39, 0.29) is 6.09 Å². The minimum absolute atomic E-state index is 0.249. The van der Waals surface area contributed by atoms with Crippen LogP contribution in [0, 0.1) is 0 Å². The van der Waals surface area contributed by atoms with Gasteiger partial charge in [0.1, 0.15) is 0 Å². The van der Waals surface area contributed by atoms with Crippen molar-refractivity contribution in [2.24, 2.45) is 0 Å². The summed E-state index contributed by atoms with van der Waals surface area (Å²) < 4.78 is 4.80. The van der Waals surface area contributed by atoms with Gasteiger partial charge in [0, 0.05) is 13.6 Å². The summed E-state index contributed by atoms with van der Waals surface area (Å²) in [4.78, 5) is 12.6. The molecule has 0 heterocycles. The third-order valence-corrected chi connectivity index (χ3v) is 1.48. The average molecular weight is 171 g/mol. The molecule has 0 unspecified atom stereocenters. The van der Waals surface area contributed by atoms with Crippen LogP contribution in [0.25, 0.3) is 0 Å². The van der Waals surface area contributed by atoms with Crippen LogP contribution in [0.4, 0.5) is 4.79 Å². The van der Waals surface area contributed by atoms with E-state index in [4.69, 9.17) is 4.74 Å². The summed E-state index contributed by atoms with van der Waals surface area (Å²) in [6.07, 6.45) is 3.48. The van der Waals surface area contributed by atoms with Crippen molar-refractivity contribution in [1.29, 1.82) is 0 Å². The topological polar surface area (TPSA) is 29.5 Å². The molecule has 0 bridgehead atoms. The lowest BCUT2D eigenvalue weighted by atomic mass is 10.3. The molecule has 0 aliphatic heterocycles. The van der Waals surface area contributed by atoms with Crippen LogP contribution in [-0.4, -0.2) is 31.2 Å². The standard InChI is InChI=1S/C9H17NO2/c1-4-6-7-8-10(3)9(11)12-5-2/h4H,1,5-8H2,2-3H3. The Morgan fingerprint density at radius 1 is 1.67 bits per heavy atom. The molecule has 0 N–H and O–H groups in total. The van der Waals surface area contributed by atoms with Gasteiger partial charge in [0.25, 0.3) is 0 Å². The van der Waals surface area contributed by atoms with Crippen molar-refractivity contribution in [3.63, 3.8) is 0 Å². The molecule has 1 amide bonds. The van der Waals surface area contributed by atoms with Crippen LogP contribution < -0.4 is 0 Å². The highest BCUT2D eigenvalue weighted by Gasteiger charge is 2.06. The number of hydrogen-bond acceptors (Lipinski definition) is 2. The quantitative estimate of drug-likeness (QED) is 0.468. The maximum atomic E-state index is 11.0. The van der Waals surface area contributed by atoms with Crippen molar-refractivity contribution in [2.45, 2.75) is 19.8 Å². The lowest BCUT2D eigenvalue weighted by Gasteiger charge is -2.15. The number of nitrogens with zero attached hydrogens (tertiary/aromatic N) is 1. The number of hydrogen-bond donors (Lipinski definition) is 0. The van der Waals surface area contributed by atoms with Crippen LogP contribution in [0.2, 0.25) is 0 Å². The molecule has 3 nitrogen and oxygen atoms in total. The molecule has 0 aromatic carbocycles. The zero-order valence-electron chi connectivity index (χ0n) is 7.88. The minimum Gasteiger partial charge on any atom is -0.450 e. The van der Waals surface area contributed by atoms with Crippen molar-refractivity contribution in [3.8, 4) is 0 Å². The Bertz CT molecular complexity index is 145. The molecule has 0 aliphatic carbocycles. The van der Waals surface area contributed by atoms with Gasteiger partial charge >= 0.3 is 6.09 Å². The number of rotatable bonds is 5. The summed E-state index contributed by atoms with van der Waals surface area (Å²) in [7, 11) is 1.74. The van der Waals surface area contributed by atoms with Crippen LogP contribution in [0.1, 0.15) is 19.8 Å². The number of amides is 1. The highest BCUT2D eigenvalue weighted by Crippen LogP contribution is 1.95. The van der Waals surface area contributed by atoms with Gasteiger partial charge < -0.3 is 9.64 Å². The Morgan fingerprint density at radius 2 is 2.33 bits per heavy atom. The molecule has 0 aromatic rings.